The van der Waals surface area contributed by atoms with Crippen molar-refractivity contribution in [1.82, 2.24) is 4.72 Å². The lowest BCUT2D eigenvalue weighted by Crippen LogP contribution is -2.23. The van der Waals surface area contributed by atoms with Crippen molar-refractivity contribution in [1.29, 1.82) is 0 Å². The highest BCUT2D eigenvalue weighted by Crippen LogP contribution is 2.20. The number of sulfonamides is 1. The molecule has 0 bridgehead atoms. The molecule has 0 aliphatic heterocycles. The van der Waals surface area contributed by atoms with Gasteiger partial charge in [-0.05, 0) is 55.0 Å². The molecule has 2 aromatic carbocycles. The normalized spacial score (nSPS) is 11.3. The maximum absolute atomic E-state index is 12.2. The van der Waals surface area contributed by atoms with Gasteiger partial charge in [0.05, 0.1) is 4.90 Å². The highest BCUT2D eigenvalue weighted by atomic mass is 35.5. The zero-order valence-corrected chi connectivity index (χ0v) is 14.3. The molecule has 7 heteroatoms. The van der Waals surface area contributed by atoms with Crippen LogP contribution in [0.25, 0.3) is 0 Å². The smallest absolute Gasteiger partial charge is 0.255 e. The lowest BCUT2D eigenvalue weighted by Gasteiger charge is -2.09. The number of anilines is 1. The van der Waals surface area contributed by atoms with Crippen molar-refractivity contribution < 1.29 is 13.2 Å². The number of halogens is 1. The van der Waals surface area contributed by atoms with Gasteiger partial charge in [0.1, 0.15) is 0 Å². The van der Waals surface area contributed by atoms with E-state index in [-0.39, 0.29) is 10.8 Å². The van der Waals surface area contributed by atoms with Crippen molar-refractivity contribution in [3.8, 4) is 0 Å². The first-order valence-corrected chi connectivity index (χ1v) is 8.87. The second-order valence-electron chi connectivity index (χ2n) is 4.94. The van der Waals surface area contributed by atoms with Crippen LogP contribution in [-0.2, 0) is 10.0 Å². The third-order valence-electron chi connectivity index (χ3n) is 3.20. The van der Waals surface area contributed by atoms with Crippen LogP contribution in [0.2, 0.25) is 5.02 Å². The number of nitrogens with one attached hydrogen (secondary N) is 2. The van der Waals surface area contributed by atoms with Crippen LogP contribution in [0.1, 0.15) is 22.8 Å². The standard InChI is InChI=1S/C16H17ClN2O3S/c1-3-18-23(21,22)14-7-4-12(5-8-14)16(20)19-15-9-6-13(17)10-11(15)2/h4-10,18H,3H2,1-2H3,(H,19,20). The molecular weight excluding hydrogens is 336 g/mol. The van der Waals surface area contributed by atoms with Crippen LogP contribution in [-0.4, -0.2) is 20.9 Å². The van der Waals surface area contributed by atoms with Crippen molar-refractivity contribution in [2.75, 3.05) is 11.9 Å². The van der Waals surface area contributed by atoms with Gasteiger partial charge in [0.25, 0.3) is 5.91 Å². The summed E-state index contributed by atoms with van der Waals surface area (Å²) in [6, 6.07) is 10.9. The predicted molar refractivity (Wildman–Crippen MR) is 91.4 cm³/mol. The van der Waals surface area contributed by atoms with E-state index >= 15 is 0 Å². The van der Waals surface area contributed by atoms with Crippen molar-refractivity contribution in [3.05, 3.63) is 58.6 Å². The minimum atomic E-state index is -3.52. The van der Waals surface area contributed by atoms with Crippen LogP contribution in [0.3, 0.4) is 0 Å². The molecule has 122 valence electrons. The Morgan fingerprint density at radius 1 is 1.13 bits per heavy atom. The monoisotopic (exact) mass is 352 g/mol. The van der Waals surface area contributed by atoms with Crippen LogP contribution in [0.5, 0.6) is 0 Å². The van der Waals surface area contributed by atoms with E-state index in [0.717, 1.165) is 5.56 Å². The number of rotatable bonds is 5. The van der Waals surface area contributed by atoms with Gasteiger partial charge in [0.15, 0.2) is 0 Å². The number of hydrogen-bond donors (Lipinski definition) is 2. The molecule has 2 N–H and O–H groups in total. The minimum absolute atomic E-state index is 0.124. The molecule has 2 aromatic rings. The number of benzene rings is 2. The zero-order valence-electron chi connectivity index (χ0n) is 12.8. The Labute approximate surface area is 140 Å². The van der Waals surface area contributed by atoms with Crippen molar-refractivity contribution >= 4 is 33.2 Å². The first-order valence-electron chi connectivity index (χ1n) is 7.00. The third kappa shape index (κ3) is 4.31. The Balaban J connectivity index is 2.17. The van der Waals surface area contributed by atoms with Crippen LogP contribution in [0, 0.1) is 6.92 Å². The molecule has 5 nitrogen and oxygen atoms in total. The molecule has 0 saturated heterocycles. The largest absolute Gasteiger partial charge is 0.322 e. The number of amides is 1. The highest BCUT2D eigenvalue weighted by Gasteiger charge is 2.14. The summed E-state index contributed by atoms with van der Waals surface area (Å²) in [5, 5.41) is 3.37. The van der Waals surface area contributed by atoms with Gasteiger partial charge in [0, 0.05) is 22.8 Å². The quantitative estimate of drug-likeness (QED) is 0.867. The van der Waals surface area contributed by atoms with Crippen molar-refractivity contribution in [3.63, 3.8) is 0 Å². The SMILES string of the molecule is CCNS(=O)(=O)c1ccc(C(=O)Nc2ccc(Cl)cc2C)cc1. The van der Waals surface area contributed by atoms with E-state index < -0.39 is 10.0 Å². The molecule has 0 spiro atoms. The van der Waals surface area contributed by atoms with E-state index in [2.05, 4.69) is 10.0 Å². The number of aryl methyl sites for hydroxylation is 1. The minimum Gasteiger partial charge on any atom is -0.322 e. The maximum Gasteiger partial charge on any atom is 0.255 e. The molecule has 0 aliphatic rings. The fourth-order valence-corrected chi connectivity index (χ4v) is 3.29. The van der Waals surface area contributed by atoms with Gasteiger partial charge in [-0.25, -0.2) is 13.1 Å². The molecule has 0 saturated carbocycles. The Hall–Kier alpha value is -1.89. The topological polar surface area (TPSA) is 75.3 Å². The summed E-state index contributed by atoms with van der Waals surface area (Å²) >= 11 is 5.88. The molecule has 0 aliphatic carbocycles. The van der Waals surface area contributed by atoms with E-state index in [4.69, 9.17) is 11.6 Å². The molecule has 1 amide bonds. The van der Waals surface area contributed by atoms with Crippen LogP contribution in [0.4, 0.5) is 5.69 Å². The Morgan fingerprint density at radius 3 is 2.35 bits per heavy atom. The van der Waals surface area contributed by atoms with Gasteiger partial charge in [0.2, 0.25) is 10.0 Å². The maximum atomic E-state index is 12.2. The van der Waals surface area contributed by atoms with E-state index in [1.165, 1.54) is 24.3 Å². The molecule has 2 rings (SSSR count). The van der Waals surface area contributed by atoms with E-state index in [1.54, 1.807) is 25.1 Å². The average molecular weight is 353 g/mol. The van der Waals surface area contributed by atoms with Gasteiger partial charge in [-0.3, -0.25) is 4.79 Å². The number of carbonyl (C=O) groups excluding carboxylic acids is 1. The summed E-state index contributed by atoms with van der Waals surface area (Å²) in [5.41, 5.74) is 1.87. The average Bonchev–Trinajstić information content (AvgIpc) is 2.50. The van der Waals surface area contributed by atoms with Gasteiger partial charge < -0.3 is 5.32 Å². The summed E-state index contributed by atoms with van der Waals surface area (Å²) in [7, 11) is -3.52. The molecule has 0 radical (unpaired) electrons. The summed E-state index contributed by atoms with van der Waals surface area (Å²) in [5.74, 6) is -0.317. The zero-order chi connectivity index (χ0) is 17.0. The number of carbonyl (C=O) groups is 1. The van der Waals surface area contributed by atoms with E-state index in [0.29, 0.717) is 22.8 Å². The van der Waals surface area contributed by atoms with Crippen molar-refractivity contribution in [2.45, 2.75) is 18.7 Å². The molecule has 0 atom stereocenters. The van der Waals surface area contributed by atoms with Gasteiger partial charge in [-0.2, -0.15) is 0 Å². The van der Waals surface area contributed by atoms with Gasteiger partial charge in [-0.15, -0.1) is 0 Å². The first kappa shape index (κ1) is 17.5. The van der Waals surface area contributed by atoms with Crippen LogP contribution < -0.4 is 10.0 Å². The third-order valence-corrected chi connectivity index (χ3v) is 4.99. The fourth-order valence-electron chi connectivity index (χ4n) is 2.02. The van der Waals surface area contributed by atoms with Crippen LogP contribution in [0.15, 0.2) is 47.4 Å². The Morgan fingerprint density at radius 2 is 1.78 bits per heavy atom. The molecule has 0 aromatic heterocycles. The summed E-state index contributed by atoms with van der Waals surface area (Å²) in [6.07, 6.45) is 0. The summed E-state index contributed by atoms with van der Waals surface area (Å²) in [6.45, 7) is 3.85. The lowest BCUT2D eigenvalue weighted by atomic mass is 10.1. The molecular formula is C16H17ClN2O3S. The highest BCUT2D eigenvalue weighted by molar-refractivity contribution is 7.89. The Bertz CT molecular complexity index is 818. The fraction of sp³-hybridized carbons (Fsp3) is 0.188. The number of hydrogen-bond acceptors (Lipinski definition) is 3. The lowest BCUT2D eigenvalue weighted by molar-refractivity contribution is 0.102. The van der Waals surface area contributed by atoms with E-state index in [9.17, 15) is 13.2 Å². The van der Waals surface area contributed by atoms with Gasteiger partial charge in [-0.1, -0.05) is 18.5 Å². The molecule has 23 heavy (non-hydrogen) atoms. The first-order chi connectivity index (χ1) is 10.8. The van der Waals surface area contributed by atoms with Crippen molar-refractivity contribution in [2.24, 2.45) is 0 Å². The van der Waals surface area contributed by atoms with E-state index in [1.807, 2.05) is 6.92 Å². The summed E-state index contributed by atoms with van der Waals surface area (Å²) < 4.78 is 26.1. The molecule has 0 unspecified atom stereocenters. The second-order valence-corrected chi connectivity index (χ2v) is 7.14. The van der Waals surface area contributed by atoms with Gasteiger partial charge >= 0.3 is 0 Å². The summed E-state index contributed by atoms with van der Waals surface area (Å²) in [4.78, 5) is 12.4. The van der Waals surface area contributed by atoms with Crippen LogP contribution >= 0.6 is 11.6 Å². The predicted octanol–water partition coefficient (Wildman–Crippen LogP) is 3.20. The Kier molecular flexibility index (Phi) is 5.41. The molecule has 0 fully saturated rings. The molecule has 0 heterocycles. The second kappa shape index (κ2) is 7.12.